The fraction of sp³-hybridized carbons (Fsp3) is 0.714. The van der Waals surface area contributed by atoms with Gasteiger partial charge in [0, 0.05) is 0 Å². The lowest BCUT2D eigenvalue weighted by Crippen LogP contribution is -2.24. The SMILES string of the molecule is CCCCC(CC)CNCCc1ccsc1. The molecule has 0 aliphatic heterocycles. The average molecular weight is 239 g/mol. The van der Waals surface area contributed by atoms with Gasteiger partial charge in [0.15, 0.2) is 0 Å². The van der Waals surface area contributed by atoms with Crippen LogP contribution < -0.4 is 5.32 Å². The first kappa shape index (κ1) is 13.7. The predicted octanol–water partition coefficient (Wildman–Crippen LogP) is 4.10. The van der Waals surface area contributed by atoms with E-state index in [1.54, 1.807) is 11.3 Å². The van der Waals surface area contributed by atoms with Crippen LogP contribution in [-0.2, 0) is 6.42 Å². The third-order valence-corrected chi connectivity index (χ3v) is 3.88. The lowest BCUT2D eigenvalue weighted by molar-refractivity contribution is 0.421. The van der Waals surface area contributed by atoms with Gasteiger partial charge in [0.2, 0.25) is 0 Å². The molecule has 1 N–H and O–H groups in total. The van der Waals surface area contributed by atoms with Crippen molar-refractivity contribution in [3.05, 3.63) is 22.4 Å². The summed E-state index contributed by atoms with van der Waals surface area (Å²) in [6.45, 7) is 6.90. The molecule has 0 aliphatic carbocycles. The molecule has 0 aliphatic rings. The minimum atomic E-state index is 0.877. The first-order valence-corrected chi connectivity index (χ1v) is 7.52. The largest absolute Gasteiger partial charge is 0.316 e. The van der Waals surface area contributed by atoms with Crippen LogP contribution in [0.3, 0.4) is 0 Å². The van der Waals surface area contributed by atoms with Crippen molar-refractivity contribution in [1.82, 2.24) is 5.32 Å². The van der Waals surface area contributed by atoms with E-state index in [9.17, 15) is 0 Å². The quantitative estimate of drug-likeness (QED) is 0.640. The molecule has 92 valence electrons. The van der Waals surface area contributed by atoms with Crippen LogP contribution in [-0.4, -0.2) is 13.1 Å². The second kappa shape index (κ2) is 8.77. The second-order valence-corrected chi connectivity index (χ2v) is 5.28. The summed E-state index contributed by atoms with van der Waals surface area (Å²) < 4.78 is 0. The van der Waals surface area contributed by atoms with Gasteiger partial charge in [-0.1, -0.05) is 33.1 Å². The van der Waals surface area contributed by atoms with Gasteiger partial charge >= 0.3 is 0 Å². The van der Waals surface area contributed by atoms with Crippen molar-refractivity contribution in [3.8, 4) is 0 Å². The van der Waals surface area contributed by atoms with Gasteiger partial charge in [-0.25, -0.2) is 0 Å². The number of hydrogen-bond donors (Lipinski definition) is 1. The van der Waals surface area contributed by atoms with Gasteiger partial charge in [-0.3, -0.25) is 0 Å². The topological polar surface area (TPSA) is 12.0 Å². The van der Waals surface area contributed by atoms with E-state index in [1.807, 2.05) is 0 Å². The zero-order valence-electron chi connectivity index (χ0n) is 10.7. The fourth-order valence-corrected chi connectivity index (χ4v) is 2.62. The Morgan fingerprint density at radius 2 is 2.25 bits per heavy atom. The molecular formula is C14H25NS. The van der Waals surface area contributed by atoms with E-state index in [2.05, 4.69) is 36.0 Å². The molecule has 0 fully saturated rings. The number of nitrogens with one attached hydrogen (secondary N) is 1. The average Bonchev–Trinajstić information content (AvgIpc) is 2.81. The minimum Gasteiger partial charge on any atom is -0.316 e. The summed E-state index contributed by atoms with van der Waals surface area (Å²) in [6.07, 6.45) is 6.58. The zero-order chi connectivity index (χ0) is 11.6. The molecule has 0 amide bonds. The Bertz CT molecular complexity index is 243. The summed E-state index contributed by atoms with van der Waals surface area (Å²) in [5.74, 6) is 0.877. The van der Waals surface area contributed by atoms with E-state index in [-0.39, 0.29) is 0 Å². The van der Waals surface area contributed by atoms with Crippen molar-refractivity contribution in [2.45, 2.75) is 46.0 Å². The van der Waals surface area contributed by atoms with E-state index in [0.29, 0.717) is 0 Å². The minimum absolute atomic E-state index is 0.877. The predicted molar refractivity (Wildman–Crippen MR) is 74.2 cm³/mol. The molecule has 0 saturated carbocycles. The van der Waals surface area contributed by atoms with Gasteiger partial charge in [0.25, 0.3) is 0 Å². The highest BCUT2D eigenvalue weighted by Gasteiger charge is 2.04. The van der Waals surface area contributed by atoms with Crippen molar-refractivity contribution >= 4 is 11.3 Å². The van der Waals surface area contributed by atoms with Crippen molar-refractivity contribution in [2.24, 2.45) is 5.92 Å². The summed E-state index contributed by atoms with van der Waals surface area (Å²) >= 11 is 1.79. The lowest BCUT2D eigenvalue weighted by Gasteiger charge is -2.14. The highest BCUT2D eigenvalue weighted by Crippen LogP contribution is 2.11. The Balaban J connectivity index is 2.04. The van der Waals surface area contributed by atoms with Crippen molar-refractivity contribution in [2.75, 3.05) is 13.1 Å². The van der Waals surface area contributed by atoms with Crippen molar-refractivity contribution in [1.29, 1.82) is 0 Å². The highest BCUT2D eigenvalue weighted by molar-refractivity contribution is 7.07. The molecule has 1 aromatic rings. The summed E-state index contributed by atoms with van der Waals surface area (Å²) in [6, 6.07) is 2.22. The van der Waals surface area contributed by atoms with Crippen LogP contribution in [0.15, 0.2) is 16.8 Å². The molecule has 0 saturated heterocycles. The smallest absolute Gasteiger partial charge is 0.000794 e. The Morgan fingerprint density at radius 3 is 2.88 bits per heavy atom. The molecule has 1 rings (SSSR count). The van der Waals surface area contributed by atoms with E-state index in [4.69, 9.17) is 0 Å². The number of rotatable bonds is 9. The van der Waals surface area contributed by atoms with Gasteiger partial charge in [-0.2, -0.15) is 11.3 Å². The standard InChI is InChI=1S/C14H25NS/c1-3-5-6-13(4-2)11-15-9-7-14-8-10-16-12-14/h8,10,12-13,15H,3-7,9,11H2,1-2H3. The number of hydrogen-bond acceptors (Lipinski definition) is 2. The van der Waals surface area contributed by atoms with Gasteiger partial charge in [-0.15, -0.1) is 0 Å². The van der Waals surface area contributed by atoms with E-state index in [0.717, 1.165) is 12.5 Å². The monoisotopic (exact) mass is 239 g/mol. The zero-order valence-corrected chi connectivity index (χ0v) is 11.5. The van der Waals surface area contributed by atoms with Crippen LogP contribution in [0.4, 0.5) is 0 Å². The summed E-state index contributed by atoms with van der Waals surface area (Å²) in [4.78, 5) is 0. The first-order valence-electron chi connectivity index (χ1n) is 6.58. The van der Waals surface area contributed by atoms with Gasteiger partial charge in [-0.05, 0) is 54.2 Å². The Morgan fingerprint density at radius 1 is 1.38 bits per heavy atom. The molecule has 16 heavy (non-hydrogen) atoms. The van der Waals surface area contributed by atoms with Crippen LogP contribution >= 0.6 is 11.3 Å². The maximum absolute atomic E-state index is 3.59. The fourth-order valence-electron chi connectivity index (χ4n) is 1.92. The molecule has 2 heteroatoms. The van der Waals surface area contributed by atoms with Gasteiger partial charge in [0.05, 0.1) is 0 Å². The first-order chi connectivity index (χ1) is 7.86. The molecule has 1 heterocycles. The lowest BCUT2D eigenvalue weighted by atomic mass is 9.99. The van der Waals surface area contributed by atoms with Crippen LogP contribution in [0, 0.1) is 5.92 Å². The normalized spacial score (nSPS) is 12.9. The molecule has 1 nitrogen and oxygen atoms in total. The molecular weight excluding hydrogens is 214 g/mol. The molecule has 0 aromatic carbocycles. The molecule has 0 radical (unpaired) electrons. The molecule has 1 atom stereocenters. The Hall–Kier alpha value is -0.340. The molecule has 1 unspecified atom stereocenters. The second-order valence-electron chi connectivity index (χ2n) is 4.50. The third-order valence-electron chi connectivity index (χ3n) is 3.15. The van der Waals surface area contributed by atoms with Gasteiger partial charge < -0.3 is 5.32 Å². The number of unbranched alkanes of at least 4 members (excludes halogenated alkanes) is 1. The molecule has 0 spiro atoms. The van der Waals surface area contributed by atoms with Crippen LogP contribution in [0.5, 0.6) is 0 Å². The Kier molecular flexibility index (Phi) is 7.52. The maximum Gasteiger partial charge on any atom is -0.000794 e. The Labute approximate surface area is 104 Å². The van der Waals surface area contributed by atoms with Gasteiger partial charge in [0.1, 0.15) is 0 Å². The summed E-state index contributed by atoms with van der Waals surface area (Å²) in [5, 5.41) is 7.99. The van der Waals surface area contributed by atoms with E-state index in [1.165, 1.54) is 44.2 Å². The van der Waals surface area contributed by atoms with Crippen LogP contribution in [0.2, 0.25) is 0 Å². The van der Waals surface area contributed by atoms with E-state index >= 15 is 0 Å². The van der Waals surface area contributed by atoms with Crippen LogP contribution in [0.1, 0.15) is 45.1 Å². The highest BCUT2D eigenvalue weighted by atomic mass is 32.1. The molecule has 1 aromatic heterocycles. The van der Waals surface area contributed by atoms with Crippen molar-refractivity contribution in [3.63, 3.8) is 0 Å². The van der Waals surface area contributed by atoms with Crippen LogP contribution in [0.25, 0.3) is 0 Å². The summed E-state index contributed by atoms with van der Waals surface area (Å²) in [7, 11) is 0. The maximum atomic E-state index is 3.59. The van der Waals surface area contributed by atoms with Crippen molar-refractivity contribution < 1.29 is 0 Å². The molecule has 0 bridgehead atoms. The van der Waals surface area contributed by atoms with E-state index < -0.39 is 0 Å². The third kappa shape index (κ3) is 5.66. The number of thiophene rings is 1. The summed E-state index contributed by atoms with van der Waals surface area (Å²) in [5.41, 5.74) is 1.47.